The van der Waals surface area contributed by atoms with Gasteiger partial charge in [0.2, 0.25) is 0 Å². The van der Waals surface area contributed by atoms with Crippen molar-refractivity contribution in [1.82, 2.24) is 4.90 Å². The maximum absolute atomic E-state index is 13.3. The summed E-state index contributed by atoms with van der Waals surface area (Å²) in [6, 6.07) is 4.62. The summed E-state index contributed by atoms with van der Waals surface area (Å²) < 4.78 is 13.3. The number of carbonyl (C=O) groups is 1. The Balaban J connectivity index is 1.65. The number of amides is 1. The molecule has 0 heterocycles. The fourth-order valence-corrected chi connectivity index (χ4v) is 4.03. The largest absolute Gasteiger partial charge is 0.341 e. The first-order chi connectivity index (χ1) is 9.54. The fraction of sp³-hybridized carbons (Fsp3) is 0.588. The van der Waals surface area contributed by atoms with E-state index < -0.39 is 0 Å². The molecule has 0 aliphatic heterocycles. The number of fused-ring (bicyclic) bond motifs is 2. The number of nitrogens with zero attached hydrogens (tertiary/aromatic N) is 1. The molecule has 2 aliphatic rings. The molecule has 3 heteroatoms. The lowest BCUT2D eigenvalue weighted by atomic mass is 9.88. The number of hydrogen-bond donors (Lipinski definition) is 0. The van der Waals surface area contributed by atoms with E-state index in [1.54, 1.807) is 19.1 Å². The number of benzene rings is 1. The summed E-state index contributed by atoms with van der Waals surface area (Å²) in [4.78, 5) is 14.2. The Bertz CT molecular complexity index is 528. The molecule has 0 radical (unpaired) electrons. The van der Waals surface area contributed by atoms with Crippen LogP contribution in [0.3, 0.4) is 0 Å². The van der Waals surface area contributed by atoms with Crippen molar-refractivity contribution in [3.8, 4) is 0 Å². The van der Waals surface area contributed by atoms with Crippen molar-refractivity contribution in [3.05, 3.63) is 35.1 Å². The highest BCUT2D eigenvalue weighted by molar-refractivity contribution is 5.94. The summed E-state index contributed by atoms with van der Waals surface area (Å²) in [7, 11) is 1.87. The number of carbonyl (C=O) groups excluding carboxylic acids is 1. The van der Waals surface area contributed by atoms with Crippen LogP contribution in [0.1, 0.15) is 41.6 Å². The van der Waals surface area contributed by atoms with Gasteiger partial charge in [-0.25, -0.2) is 4.39 Å². The van der Waals surface area contributed by atoms with Crippen LogP contribution in [-0.4, -0.2) is 24.4 Å². The summed E-state index contributed by atoms with van der Waals surface area (Å²) in [5.74, 6) is 2.16. The SMILES string of the molecule is Cc1cc(C(=O)N(C)CC2CC3CCC2C3)ccc1F. The number of rotatable bonds is 3. The predicted octanol–water partition coefficient (Wildman–Crippen LogP) is 3.64. The number of halogens is 1. The first kappa shape index (κ1) is 13.6. The zero-order valence-corrected chi connectivity index (χ0v) is 12.2. The van der Waals surface area contributed by atoms with Gasteiger partial charge in [0.1, 0.15) is 5.82 Å². The van der Waals surface area contributed by atoms with Crippen LogP contribution >= 0.6 is 0 Å². The molecule has 3 unspecified atom stereocenters. The Morgan fingerprint density at radius 2 is 2.15 bits per heavy atom. The molecule has 2 aliphatic carbocycles. The van der Waals surface area contributed by atoms with Gasteiger partial charge in [0.15, 0.2) is 0 Å². The third kappa shape index (κ3) is 2.46. The topological polar surface area (TPSA) is 20.3 Å². The van der Waals surface area contributed by atoms with Gasteiger partial charge < -0.3 is 4.90 Å². The quantitative estimate of drug-likeness (QED) is 0.824. The molecule has 1 aromatic carbocycles. The van der Waals surface area contributed by atoms with Gasteiger partial charge >= 0.3 is 0 Å². The first-order valence-electron chi connectivity index (χ1n) is 7.56. The van der Waals surface area contributed by atoms with Gasteiger partial charge in [-0.05, 0) is 67.7 Å². The Hall–Kier alpha value is -1.38. The zero-order chi connectivity index (χ0) is 14.3. The van der Waals surface area contributed by atoms with Crippen LogP contribution < -0.4 is 0 Å². The Morgan fingerprint density at radius 1 is 1.35 bits per heavy atom. The highest BCUT2D eigenvalue weighted by atomic mass is 19.1. The van der Waals surface area contributed by atoms with Gasteiger partial charge in [0, 0.05) is 19.2 Å². The molecule has 20 heavy (non-hydrogen) atoms. The van der Waals surface area contributed by atoms with E-state index in [1.807, 2.05) is 11.9 Å². The van der Waals surface area contributed by atoms with Gasteiger partial charge in [-0.2, -0.15) is 0 Å². The molecular weight excluding hydrogens is 253 g/mol. The van der Waals surface area contributed by atoms with E-state index in [4.69, 9.17) is 0 Å². The van der Waals surface area contributed by atoms with Gasteiger partial charge in [0.05, 0.1) is 0 Å². The summed E-state index contributed by atoms with van der Waals surface area (Å²) in [6.07, 6.45) is 5.37. The summed E-state index contributed by atoms with van der Waals surface area (Å²) in [5.41, 5.74) is 1.12. The maximum atomic E-state index is 13.3. The highest BCUT2D eigenvalue weighted by Gasteiger charge is 2.40. The van der Waals surface area contributed by atoms with Crippen molar-refractivity contribution < 1.29 is 9.18 Å². The average Bonchev–Trinajstić information content (AvgIpc) is 3.03. The monoisotopic (exact) mass is 275 g/mol. The predicted molar refractivity (Wildman–Crippen MR) is 77.0 cm³/mol. The molecule has 1 aromatic rings. The van der Waals surface area contributed by atoms with E-state index >= 15 is 0 Å². The van der Waals surface area contributed by atoms with Gasteiger partial charge in [-0.15, -0.1) is 0 Å². The van der Waals surface area contributed by atoms with Crippen LogP contribution in [0.4, 0.5) is 4.39 Å². The van der Waals surface area contributed by atoms with E-state index in [1.165, 1.54) is 31.7 Å². The van der Waals surface area contributed by atoms with Crippen LogP contribution in [0.5, 0.6) is 0 Å². The molecule has 3 rings (SSSR count). The van der Waals surface area contributed by atoms with Crippen LogP contribution in [0.15, 0.2) is 18.2 Å². The minimum Gasteiger partial charge on any atom is -0.341 e. The Labute approximate surface area is 120 Å². The molecule has 0 N–H and O–H groups in total. The van der Waals surface area contributed by atoms with Crippen LogP contribution in [-0.2, 0) is 0 Å². The molecule has 0 aromatic heterocycles. The standard InChI is InChI=1S/C17H22FNO/c1-11-7-14(5-6-16(11)18)17(20)19(2)10-15-9-12-3-4-13(15)8-12/h5-7,12-13,15H,3-4,8-10H2,1-2H3. The molecular formula is C17H22FNO. The Kier molecular flexibility index (Phi) is 3.53. The van der Waals surface area contributed by atoms with E-state index in [9.17, 15) is 9.18 Å². The van der Waals surface area contributed by atoms with Crippen molar-refractivity contribution >= 4 is 5.91 Å². The highest BCUT2D eigenvalue weighted by Crippen LogP contribution is 2.48. The number of aryl methyl sites for hydroxylation is 1. The second-order valence-electron chi connectivity index (χ2n) is 6.58. The first-order valence-corrected chi connectivity index (χ1v) is 7.56. The molecule has 108 valence electrons. The molecule has 2 saturated carbocycles. The van der Waals surface area contributed by atoms with E-state index in [2.05, 4.69) is 0 Å². The lowest BCUT2D eigenvalue weighted by Gasteiger charge is -2.27. The van der Waals surface area contributed by atoms with E-state index in [0.717, 1.165) is 18.4 Å². The lowest BCUT2D eigenvalue weighted by molar-refractivity contribution is 0.0754. The van der Waals surface area contributed by atoms with Crippen molar-refractivity contribution in [1.29, 1.82) is 0 Å². The van der Waals surface area contributed by atoms with Crippen molar-refractivity contribution in [2.75, 3.05) is 13.6 Å². The third-order valence-corrected chi connectivity index (χ3v) is 5.14. The van der Waals surface area contributed by atoms with Gasteiger partial charge in [-0.1, -0.05) is 6.42 Å². The minimum atomic E-state index is -0.252. The smallest absolute Gasteiger partial charge is 0.253 e. The fourth-order valence-electron chi connectivity index (χ4n) is 4.03. The second kappa shape index (κ2) is 5.19. The van der Waals surface area contributed by atoms with Gasteiger partial charge in [-0.3, -0.25) is 4.79 Å². The average molecular weight is 275 g/mol. The van der Waals surface area contributed by atoms with Crippen molar-refractivity contribution in [2.45, 2.75) is 32.6 Å². The number of hydrogen-bond acceptors (Lipinski definition) is 1. The van der Waals surface area contributed by atoms with Gasteiger partial charge in [0.25, 0.3) is 5.91 Å². The zero-order valence-electron chi connectivity index (χ0n) is 12.2. The van der Waals surface area contributed by atoms with Crippen LogP contribution in [0.2, 0.25) is 0 Å². The molecule has 2 fully saturated rings. The van der Waals surface area contributed by atoms with Crippen molar-refractivity contribution in [2.24, 2.45) is 17.8 Å². The summed E-state index contributed by atoms with van der Waals surface area (Å²) in [6.45, 7) is 2.54. The van der Waals surface area contributed by atoms with Crippen molar-refractivity contribution in [3.63, 3.8) is 0 Å². The second-order valence-corrected chi connectivity index (χ2v) is 6.58. The van der Waals surface area contributed by atoms with E-state index in [-0.39, 0.29) is 11.7 Å². The molecule has 3 atom stereocenters. The lowest BCUT2D eigenvalue weighted by Crippen LogP contribution is -2.33. The minimum absolute atomic E-state index is 0.0101. The summed E-state index contributed by atoms with van der Waals surface area (Å²) in [5, 5.41) is 0. The van der Waals surface area contributed by atoms with Crippen LogP contribution in [0, 0.1) is 30.5 Å². The molecule has 0 saturated heterocycles. The normalized spacial score (nSPS) is 27.9. The molecule has 0 spiro atoms. The van der Waals surface area contributed by atoms with E-state index in [0.29, 0.717) is 17.0 Å². The molecule has 1 amide bonds. The maximum Gasteiger partial charge on any atom is 0.253 e. The molecule has 2 nitrogen and oxygen atoms in total. The van der Waals surface area contributed by atoms with Crippen LogP contribution in [0.25, 0.3) is 0 Å². The summed E-state index contributed by atoms with van der Waals surface area (Å²) >= 11 is 0. The molecule has 2 bridgehead atoms. The Morgan fingerprint density at radius 3 is 2.75 bits per heavy atom. The third-order valence-electron chi connectivity index (χ3n) is 5.14.